The third kappa shape index (κ3) is 2.74. The summed E-state index contributed by atoms with van der Waals surface area (Å²) in [6.07, 6.45) is 0. The van der Waals surface area contributed by atoms with Gasteiger partial charge in [0.25, 0.3) is 0 Å². The largest absolute Gasteiger partial charge is 0.497 e. The molecule has 1 heterocycles. The molecule has 2 amide bonds. The van der Waals surface area contributed by atoms with Crippen molar-refractivity contribution in [1.29, 1.82) is 0 Å². The molecule has 20 heavy (non-hydrogen) atoms. The van der Waals surface area contributed by atoms with Gasteiger partial charge in [-0.3, -0.25) is 9.59 Å². The summed E-state index contributed by atoms with van der Waals surface area (Å²) in [4.78, 5) is 25.1. The molecule has 0 saturated carbocycles. The van der Waals surface area contributed by atoms with Crippen molar-refractivity contribution in [3.63, 3.8) is 0 Å². The van der Waals surface area contributed by atoms with E-state index in [4.69, 9.17) is 4.74 Å². The van der Waals surface area contributed by atoms with E-state index in [1.54, 1.807) is 26.0 Å². The third-order valence-electron chi connectivity index (χ3n) is 3.23. The van der Waals surface area contributed by atoms with Crippen molar-refractivity contribution >= 4 is 11.8 Å². The van der Waals surface area contributed by atoms with Gasteiger partial charge in [0.15, 0.2) is 0 Å². The van der Waals surface area contributed by atoms with Crippen molar-refractivity contribution in [2.45, 2.75) is 25.9 Å². The zero-order chi connectivity index (χ0) is 14.9. The molecule has 1 aliphatic heterocycles. The van der Waals surface area contributed by atoms with Gasteiger partial charge in [0.05, 0.1) is 13.7 Å². The van der Waals surface area contributed by atoms with Gasteiger partial charge in [-0.25, -0.2) is 4.39 Å². The summed E-state index contributed by atoms with van der Waals surface area (Å²) in [6, 6.07) is 4.44. The Morgan fingerprint density at radius 1 is 1.40 bits per heavy atom. The fraction of sp³-hybridized carbons (Fsp3) is 0.429. The first-order chi connectivity index (χ1) is 9.33. The molecule has 0 unspecified atom stereocenters. The molecule has 1 saturated heterocycles. The average molecular weight is 280 g/mol. The normalized spacial score (nSPS) is 17.9. The molecule has 108 valence electrons. The predicted octanol–water partition coefficient (Wildman–Crippen LogP) is 1.07. The maximum Gasteiger partial charge on any atom is 0.248 e. The van der Waals surface area contributed by atoms with E-state index < -0.39 is 11.4 Å². The zero-order valence-corrected chi connectivity index (χ0v) is 11.7. The highest BCUT2D eigenvalue weighted by Crippen LogP contribution is 2.20. The first kappa shape index (κ1) is 14.3. The van der Waals surface area contributed by atoms with E-state index >= 15 is 0 Å². The second-order valence-corrected chi connectivity index (χ2v) is 5.29. The van der Waals surface area contributed by atoms with Gasteiger partial charge in [0, 0.05) is 18.2 Å². The number of nitrogens with zero attached hydrogens (tertiary/aromatic N) is 1. The smallest absolute Gasteiger partial charge is 0.248 e. The second-order valence-electron chi connectivity index (χ2n) is 5.29. The van der Waals surface area contributed by atoms with E-state index in [1.807, 2.05) is 0 Å². The number of halogens is 1. The topological polar surface area (TPSA) is 58.6 Å². The van der Waals surface area contributed by atoms with Gasteiger partial charge in [-0.2, -0.15) is 0 Å². The number of hydrogen-bond acceptors (Lipinski definition) is 3. The van der Waals surface area contributed by atoms with E-state index in [9.17, 15) is 14.0 Å². The summed E-state index contributed by atoms with van der Waals surface area (Å²) in [5, 5.41) is 2.61. The highest BCUT2D eigenvalue weighted by Gasteiger charge is 2.39. The van der Waals surface area contributed by atoms with Gasteiger partial charge < -0.3 is 15.0 Å². The van der Waals surface area contributed by atoms with Crippen LogP contribution in [0.3, 0.4) is 0 Å². The Balaban J connectivity index is 2.20. The number of rotatable bonds is 3. The zero-order valence-electron chi connectivity index (χ0n) is 11.7. The molecule has 0 radical (unpaired) electrons. The second kappa shape index (κ2) is 5.11. The monoisotopic (exact) mass is 280 g/mol. The lowest BCUT2D eigenvalue weighted by Crippen LogP contribution is -2.63. The van der Waals surface area contributed by atoms with Gasteiger partial charge in [0.2, 0.25) is 11.8 Å². The summed E-state index contributed by atoms with van der Waals surface area (Å²) in [7, 11) is 1.45. The molecule has 1 fully saturated rings. The highest BCUT2D eigenvalue weighted by atomic mass is 19.1. The molecule has 5 nitrogen and oxygen atoms in total. The number of ether oxygens (including phenoxy) is 1. The number of amides is 2. The number of carbonyl (C=O) groups is 2. The maximum absolute atomic E-state index is 13.9. The van der Waals surface area contributed by atoms with E-state index in [0.717, 1.165) is 0 Å². The first-order valence-corrected chi connectivity index (χ1v) is 6.26. The van der Waals surface area contributed by atoms with Crippen LogP contribution in [0.2, 0.25) is 0 Å². The Kier molecular flexibility index (Phi) is 3.65. The molecule has 1 N–H and O–H groups in total. The van der Waals surface area contributed by atoms with E-state index in [1.165, 1.54) is 18.1 Å². The van der Waals surface area contributed by atoms with Gasteiger partial charge in [-0.05, 0) is 19.9 Å². The van der Waals surface area contributed by atoms with Gasteiger partial charge in [-0.15, -0.1) is 0 Å². The fourth-order valence-electron chi connectivity index (χ4n) is 2.20. The Labute approximate surface area is 116 Å². The number of methoxy groups -OCH3 is 1. The molecule has 0 spiro atoms. The SMILES string of the molecule is COc1ccc(CN2CC(=O)NC(C)(C)C2=O)c(F)c1. The van der Waals surface area contributed by atoms with Gasteiger partial charge in [-0.1, -0.05) is 6.07 Å². The van der Waals surface area contributed by atoms with E-state index in [0.29, 0.717) is 11.3 Å². The number of piperazine rings is 1. The van der Waals surface area contributed by atoms with Gasteiger partial charge >= 0.3 is 0 Å². The lowest BCUT2D eigenvalue weighted by atomic mass is 10.00. The minimum atomic E-state index is -0.960. The fourth-order valence-corrected chi connectivity index (χ4v) is 2.20. The van der Waals surface area contributed by atoms with Crippen molar-refractivity contribution in [2.24, 2.45) is 0 Å². The average Bonchev–Trinajstić information content (AvgIpc) is 2.37. The molecule has 0 bridgehead atoms. The van der Waals surface area contributed by atoms with Crippen molar-refractivity contribution in [1.82, 2.24) is 10.2 Å². The molecule has 0 aliphatic carbocycles. The minimum Gasteiger partial charge on any atom is -0.497 e. The molecule has 1 aromatic rings. The lowest BCUT2D eigenvalue weighted by Gasteiger charge is -2.37. The maximum atomic E-state index is 13.9. The molecule has 2 rings (SSSR count). The number of hydrogen-bond donors (Lipinski definition) is 1. The van der Waals surface area contributed by atoms with Gasteiger partial charge in [0.1, 0.15) is 17.1 Å². The molecular weight excluding hydrogens is 263 g/mol. The van der Waals surface area contributed by atoms with Crippen molar-refractivity contribution < 1.29 is 18.7 Å². The molecule has 6 heteroatoms. The van der Waals surface area contributed by atoms with Crippen LogP contribution in [0.15, 0.2) is 18.2 Å². The van der Waals surface area contributed by atoms with Crippen LogP contribution in [-0.2, 0) is 16.1 Å². The van der Waals surface area contributed by atoms with Crippen LogP contribution >= 0.6 is 0 Å². The molecule has 0 atom stereocenters. The van der Waals surface area contributed by atoms with E-state index in [-0.39, 0.29) is 24.9 Å². The van der Waals surface area contributed by atoms with E-state index in [2.05, 4.69) is 5.32 Å². The van der Waals surface area contributed by atoms with Crippen molar-refractivity contribution in [3.8, 4) is 5.75 Å². The van der Waals surface area contributed by atoms with Crippen LogP contribution in [0, 0.1) is 5.82 Å². The molecule has 0 aromatic heterocycles. The number of benzene rings is 1. The summed E-state index contributed by atoms with van der Waals surface area (Å²) in [5.41, 5.74) is -0.609. The summed E-state index contributed by atoms with van der Waals surface area (Å²) < 4.78 is 18.8. The van der Waals surface area contributed by atoms with Crippen molar-refractivity contribution in [2.75, 3.05) is 13.7 Å². The Morgan fingerprint density at radius 2 is 2.10 bits per heavy atom. The minimum absolute atomic E-state index is 0.0610. The van der Waals surface area contributed by atoms with Crippen LogP contribution in [0.25, 0.3) is 0 Å². The molecule has 1 aliphatic rings. The Bertz CT molecular complexity index is 557. The number of nitrogens with one attached hydrogen (secondary N) is 1. The van der Waals surface area contributed by atoms with Crippen molar-refractivity contribution in [3.05, 3.63) is 29.6 Å². The van der Waals surface area contributed by atoms with Crippen LogP contribution in [0.4, 0.5) is 4.39 Å². The summed E-state index contributed by atoms with van der Waals surface area (Å²) in [5.74, 6) is -0.522. The van der Waals surface area contributed by atoms with Crippen LogP contribution in [0.5, 0.6) is 5.75 Å². The van der Waals surface area contributed by atoms with Crippen LogP contribution in [0.1, 0.15) is 19.4 Å². The standard InChI is InChI=1S/C14H17FN2O3/c1-14(2)13(19)17(8-12(18)16-14)7-9-4-5-10(20-3)6-11(9)15/h4-6H,7-8H2,1-3H3,(H,16,18). The summed E-state index contributed by atoms with van der Waals surface area (Å²) >= 11 is 0. The Hall–Kier alpha value is -2.11. The van der Waals surface area contributed by atoms with Crippen LogP contribution in [-0.4, -0.2) is 35.9 Å². The number of carbonyl (C=O) groups excluding carboxylic acids is 2. The van der Waals surface area contributed by atoms with Crippen LogP contribution < -0.4 is 10.1 Å². The first-order valence-electron chi connectivity index (χ1n) is 6.26. The lowest BCUT2D eigenvalue weighted by molar-refractivity contribution is -0.149. The Morgan fingerprint density at radius 3 is 2.70 bits per heavy atom. The third-order valence-corrected chi connectivity index (χ3v) is 3.23. The highest BCUT2D eigenvalue weighted by molar-refractivity contribution is 5.97. The molecular formula is C14H17FN2O3. The quantitative estimate of drug-likeness (QED) is 0.901. The summed E-state index contributed by atoms with van der Waals surface area (Å²) in [6.45, 7) is 3.26. The molecule has 1 aromatic carbocycles. The predicted molar refractivity (Wildman–Crippen MR) is 70.6 cm³/mol.